The SMILES string of the molecule is O=C(O)Cc1cc(Cl)c(O)cc1N1CC(O)C(NC2CCN(Cc3ccc(Cl)cc3)CC2)C1. The smallest absolute Gasteiger partial charge is 0.307 e. The van der Waals surface area contributed by atoms with Crippen LogP contribution in [-0.2, 0) is 17.8 Å². The van der Waals surface area contributed by atoms with Gasteiger partial charge in [0.1, 0.15) is 5.75 Å². The summed E-state index contributed by atoms with van der Waals surface area (Å²) in [7, 11) is 0. The minimum absolute atomic E-state index is 0.0974. The number of likely N-dealkylation sites (tertiary alicyclic amines) is 1. The van der Waals surface area contributed by atoms with E-state index in [1.165, 1.54) is 17.7 Å². The van der Waals surface area contributed by atoms with E-state index in [0.29, 0.717) is 30.4 Å². The Morgan fingerprint density at radius 2 is 1.79 bits per heavy atom. The van der Waals surface area contributed by atoms with Crippen molar-refractivity contribution in [1.82, 2.24) is 10.2 Å². The van der Waals surface area contributed by atoms with Gasteiger partial charge in [-0.3, -0.25) is 9.69 Å². The number of aromatic hydroxyl groups is 1. The Balaban J connectivity index is 1.33. The van der Waals surface area contributed by atoms with Crippen LogP contribution in [0.3, 0.4) is 0 Å². The van der Waals surface area contributed by atoms with E-state index >= 15 is 0 Å². The van der Waals surface area contributed by atoms with E-state index in [-0.39, 0.29) is 23.2 Å². The lowest BCUT2D eigenvalue weighted by molar-refractivity contribution is -0.136. The van der Waals surface area contributed by atoms with Crippen LogP contribution in [0.1, 0.15) is 24.0 Å². The van der Waals surface area contributed by atoms with Crippen LogP contribution >= 0.6 is 23.2 Å². The molecule has 2 atom stereocenters. The number of benzene rings is 2. The molecule has 7 nitrogen and oxygen atoms in total. The molecule has 2 heterocycles. The molecule has 2 fully saturated rings. The number of piperidine rings is 1. The van der Waals surface area contributed by atoms with E-state index in [9.17, 15) is 20.1 Å². The van der Waals surface area contributed by atoms with Gasteiger partial charge in [-0.15, -0.1) is 0 Å². The highest BCUT2D eigenvalue weighted by atomic mass is 35.5. The van der Waals surface area contributed by atoms with E-state index < -0.39 is 12.1 Å². The molecule has 4 N–H and O–H groups in total. The number of rotatable bonds is 7. The van der Waals surface area contributed by atoms with E-state index in [2.05, 4.69) is 22.3 Å². The number of hydrogen-bond acceptors (Lipinski definition) is 6. The zero-order chi connectivity index (χ0) is 23.5. The summed E-state index contributed by atoms with van der Waals surface area (Å²) in [6.07, 6.45) is 1.19. The number of carboxylic acid groups (broad SMARTS) is 1. The number of nitrogens with zero attached hydrogens (tertiary/aromatic N) is 2. The van der Waals surface area contributed by atoms with Crippen molar-refractivity contribution >= 4 is 34.9 Å². The third-order valence-corrected chi connectivity index (χ3v) is 7.03. The number of nitrogens with one attached hydrogen (secondary N) is 1. The molecule has 178 valence electrons. The molecule has 2 aliphatic heterocycles. The summed E-state index contributed by atoms with van der Waals surface area (Å²) >= 11 is 12.0. The fourth-order valence-electron chi connectivity index (χ4n) is 4.75. The lowest BCUT2D eigenvalue weighted by Crippen LogP contribution is -2.49. The molecule has 0 aliphatic carbocycles. The number of aliphatic hydroxyl groups excluding tert-OH is 1. The van der Waals surface area contributed by atoms with Gasteiger partial charge in [0.05, 0.1) is 23.6 Å². The highest BCUT2D eigenvalue weighted by Gasteiger charge is 2.35. The summed E-state index contributed by atoms with van der Waals surface area (Å²) in [5.74, 6) is -1.07. The van der Waals surface area contributed by atoms with Crippen molar-refractivity contribution < 1.29 is 20.1 Å². The summed E-state index contributed by atoms with van der Waals surface area (Å²) < 4.78 is 0. The molecule has 0 aromatic heterocycles. The fourth-order valence-corrected chi connectivity index (χ4v) is 5.06. The fraction of sp³-hybridized carbons (Fsp3) is 0.458. The van der Waals surface area contributed by atoms with Crippen LogP contribution in [0, 0.1) is 0 Å². The molecule has 0 spiro atoms. The van der Waals surface area contributed by atoms with E-state index in [4.69, 9.17) is 23.2 Å². The van der Waals surface area contributed by atoms with Gasteiger partial charge in [0.25, 0.3) is 0 Å². The van der Waals surface area contributed by atoms with Gasteiger partial charge in [0.15, 0.2) is 0 Å². The van der Waals surface area contributed by atoms with Crippen molar-refractivity contribution in [3.63, 3.8) is 0 Å². The van der Waals surface area contributed by atoms with Crippen molar-refractivity contribution in [3.8, 4) is 5.75 Å². The van der Waals surface area contributed by atoms with E-state index in [1.54, 1.807) is 0 Å². The van der Waals surface area contributed by atoms with Gasteiger partial charge < -0.3 is 25.5 Å². The van der Waals surface area contributed by atoms with Gasteiger partial charge in [-0.1, -0.05) is 35.3 Å². The Bertz CT molecular complexity index is 980. The lowest BCUT2D eigenvalue weighted by Gasteiger charge is -2.34. The summed E-state index contributed by atoms with van der Waals surface area (Å²) in [5, 5.41) is 34.5. The van der Waals surface area contributed by atoms with Gasteiger partial charge in [-0.2, -0.15) is 0 Å². The quantitative estimate of drug-likeness (QED) is 0.470. The predicted molar refractivity (Wildman–Crippen MR) is 129 cm³/mol. The van der Waals surface area contributed by atoms with Crippen molar-refractivity contribution in [2.24, 2.45) is 0 Å². The number of carbonyl (C=O) groups is 1. The number of aliphatic carboxylic acids is 1. The van der Waals surface area contributed by atoms with Crippen LogP contribution < -0.4 is 10.2 Å². The molecule has 0 amide bonds. The summed E-state index contributed by atoms with van der Waals surface area (Å²) in [5.41, 5.74) is 2.37. The summed E-state index contributed by atoms with van der Waals surface area (Å²) in [4.78, 5) is 15.6. The second-order valence-electron chi connectivity index (χ2n) is 8.93. The molecule has 0 saturated carbocycles. The van der Waals surface area contributed by atoms with Gasteiger partial charge in [-0.05, 0) is 55.3 Å². The summed E-state index contributed by atoms with van der Waals surface area (Å²) in [6, 6.07) is 11.1. The van der Waals surface area contributed by atoms with Crippen LogP contribution in [-0.4, -0.2) is 70.6 Å². The Kier molecular flexibility index (Phi) is 7.66. The Morgan fingerprint density at radius 3 is 2.45 bits per heavy atom. The molecule has 9 heteroatoms. The second-order valence-corrected chi connectivity index (χ2v) is 9.77. The topological polar surface area (TPSA) is 96.3 Å². The monoisotopic (exact) mass is 493 g/mol. The Morgan fingerprint density at radius 1 is 1.09 bits per heavy atom. The first-order valence-electron chi connectivity index (χ1n) is 11.2. The zero-order valence-electron chi connectivity index (χ0n) is 18.3. The first-order chi connectivity index (χ1) is 15.8. The lowest BCUT2D eigenvalue weighted by atomic mass is 10.0. The molecular weight excluding hydrogens is 465 g/mol. The molecule has 33 heavy (non-hydrogen) atoms. The van der Waals surface area contributed by atoms with Crippen molar-refractivity contribution in [1.29, 1.82) is 0 Å². The maximum absolute atomic E-state index is 11.3. The third-order valence-electron chi connectivity index (χ3n) is 6.48. The molecule has 2 aliphatic rings. The first kappa shape index (κ1) is 24.1. The highest BCUT2D eigenvalue weighted by Crippen LogP contribution is 2.34. The number of phenols is 1. The number of phenolic OH excluding ortho intramolecular Hbond substituents is 1. The first-order valence-corrected chi connectivity index (χ1v) is 11.9. The van der Waals surface area contributed by atoms with Gasteiger partial charge in [0, 0.05) is 42.5 Å². The normalized spacial score (nSPS) is 22.1. The molecule has 0 radical (unpaired) electrons. The molecule has 0 bridgehead atoms. The average Bonchev–Trinajstić information content (AvgIpc) is 3.13. The standard InChI is InChI=1S/C24H29Cl2N3O4/c25-17-3-1-15(2-4-17)12-28-7-5-18(6-8-28)27-20-13-29(14-23(20)31)21-11-22(30)19(26)9-16(21)10-24(32)33/h1-4,9,11,18,20,23,27,30-31H,5-8,10,12-14H2,(H,32,33). The molecule has 2 aromatic carbocycles. The summed E-state index contributed by atoms with van der Waals surface area (Å²) in [6.45, 7) is 3.73. The van der Waals surface area contributed by atoms with Crippen molar-refractivity contribution in [3.05, 3.63) is 57.6 Å². The second kappa shape index (κ2) is 10.5. The third kappa shape index (κ3) is 6.11. The minimum Gasteiger partial charge on any atom is -0.506 e. The molecule has 2 aromatic rings. The minimum atomic E-state index is -0.974. The average molecular weight is 494 g/mol. The number of hydrogen-bond donors (Lipinski definition) is 4. The van der Waals surface area contributed by atoms with Crippen LogP contribution in [0.15, 0.2) is 36.4 Å². The molecule has 4 rings (SSSR count). The Labute approximate surface area is 203 Å². The van der Waals surface area contributed by atoms with Crippen LogP contribution in [0.4, 0.5) is 5.69 Å². The van der Waals surface area contributed by atoms with Crippen molar-refractivity contribution in [2.45, 2.75) is 44.0 Å². The number of anilines is 1. The molecule has 2 saturated heterocycles. The van der Waals surface area contributed by atoms with Gasteiger partial charge >= 0.3 is 5.97 Å². The van der Waals surface area contributed by atoms with Crippen LogP contribution in [0.2, 0.25) is 10.0 Å². The zero-order valence-corrected chi connectivity index (χ0v) is 19.8. The van der Waals surface area contributed by atoms with Crippen LogP contribution in [0.25, 0.3) is 0 Å². The maximum Gasteiger partial charge on any atom is 0.307 e. The Hall–Kier alpha value is -2.03. The number of carboxylic acids is 1. The van der Waals surface area contributed by atoms with Crippen LogP contribution in [0.5, 0.6) is 5.75 Å². The molecule has 2 unspecified atom stereocenters. The van der Waals surface area contributed by atoms with Gasteiger partial charge in [-0.25, -0.2) is 0 Å². The van der Waals surface area contributed by atoms with Gasteiger partial charge in [0.2, 0.25) is 0 Å². The molecular formula is C24H29Cl2N3O4. The number of β-amino-alcohol motifs (C(OH)–C–C–N with tert-alkyl or cyclic N) is 1. The van der Waals surface area contributed by atoms with Crippen molar-refractivity contribution in [2.75, 3.05) is 31.1 Å². The van der Waals surface area contributed by atoms with E-state index in [0.717, 1.165) is 37.5 Å². The highest BCUT2D eigenvalue weighted by molar-refractivity contribution is 6.32. The predicted octanol–water partition coefficient (Wildman–Crippen LogP) is 3.13. The maximum atomic E-state index is 11.3. The largest absolute Gasteiger partial charge is 0.506 e. The number of aliphatic hydroxyl groups is 1. The number of halogens is 2. The van der Waals surface area contributed by atoms with E-state index in [1.807, 2.05) is 17.0 Å².